The maximum atomic E-state index is 5.84. The van der Waals surface area contributed by atoms with E-state index < -0.39 is 0 Å². The minimum absolute atomic E-state index is 0.389. The van der Waals surface area contributed by atoms with Crippen LogP contribution in [0.4, 0.5) is 5.69 Å². The van der Waals surface area contributed by atoms with E-state index in [2.05, 4.69) is 31.2 Å². The third-order valence-corrected chi connectivity index (χ3v) is 1.70. The minimum Gasteiger partial charge on any atom is -0.221 e. The number of nitrogens with two attached hydrogens (primary N) is 1. The summed E-state index contributed by atoms with van der Waals surface area (Å²) >= 11 is 0. The lowest BCUT2D eigenvalue weighted by Gasteiger charge is -2.21. The van der Waals surface area contributed by atoms with E-state index in [0.29, 0.717) is 4.59 Å². The molecule has 1 rings (SSSR count). The molecule has 0 atom stereocenters. The molecule has 2 heteroatoms. The van der Waals surface area contributed by atoms with Crippen LogP contribution in [-0.4, -0.2) is 14.1 Å². The van der Waals surface area contributed by atoms with Gasteiger partial charge in [-0.05, 0) is 6.92 Å². The van der Waals surface area contributed by atoms with Crippen molar-refractivity contribution in [2.24, 2.45) is 5.84 Å². The van der Waals surface area contributed by atoms with Crippen molar-refractivity contribution >= 4 is 5.69 Å². The number of rotatable bonds is 1. The van der Waals surface area contributed by atoms with Crippen molar-refractivity contribution in [2.45, 2.75) is 6.92 Å². The van der Waals surface area contributed by atoms with Crippen LogP contribution >= 0.6 is 0 Å². The molecule has 0 amide bonds. The zero-order valence-corrected chi connectivity index (χ0v) is 7.33. The Hall–Kier alpha value is -0.860. The van der Waals surface area contributed by atoms with Gasteiger partial charge >= 0.3 is 0 Å². The van der Waals surface area contributed by atoms with E-state index in [1.165, 1.54) is 5.56 Å². The van der Waals surface area contributed by atoms with E-state index in [9.17, 15) is 0 Å². The second-order valence-electron chi connectivity index (χ2n) is 3.38. The zero-order chi connectivity index (χ0) is 8.48. The van der Waals surface area contributed by atoms with E-state index in [-0.39, 0.29) is 0 Å². The molecule has 0 bridgehead atoms. The monoisotopic (exact) mass is 151 g/mol. The van der Waals surface area contributed by atoms with Gasteiger partial charge in [0.15, 0.2) is 5.69 Å². The van der Waals surface area contributed by atoms with E-state index in [1.807, 2.05) is 14.1 Å². The van der Waals surface area contributed by atoms with E-state index in [0.717, 1.165) is 5.69 Å². The van der Waals surface area contributed by atoms with Gasteiger partial charge in [-0.2, -0.15) is 5.84 Å². The first kappa shape index (κ1) is 8.24. The second-order valence-corrected chi connectivity index (χ2v) is 3.38. The van der Waals surface area contributed by atoms with Crippen molar-refractivity contribution < 1.29 is 0 Å². The summed E-state index contributed by atoms with van der Waals surface area (Å²) in [6.45, 7) is 2.07. The van der Waals surface area contributed by atoms with Gasteiger partial charge in [0, 0.05) is 12.1 Å². The number of hydrogen-bond donors (Lipinski definition) is 1. The van der Waals surface area contributed by atoms with E-state index >= 15 is 0 Å². The topological polar surface area (TPSA) is 26.0 Å². The van der Waals surface area contributed by atoms with Crippen LogP contribution < -0.4 is 10.4 Å². The molecule has 1 aromatic rings. The van der Waals surface area contributed by atoms with Gasteiger partial charge in [-0.1, -0.05) is 17.7 Å². The highest BCUT2D eigenvalue weighted by Gasteiger charge is 2.11. The van der Waals surface area contributed by atoms with Crippen LogP contribution in [0, 0.1) is 6.92 Å². The molecule has 0 aliphatic carbocycles. The SMILES string of the molecule is Cc1ccc([N+](C)(C)N)cc1. The number of benzene rings is 1. The fraction of sp³-hybridized carbons (Fsp3) is 0.333. The van der Waals surface area contributed by atoms with Gasteiger partial charge in [0.1, 0.15) is 0 Å². The highest BCUT2D eigenvalue weighted by atomic mass is 15.5. The summed E-state index contributed by atoms with van der Waals surface area (Å²) in [7, 11) is 3.90. The molecule has 0 fully saturated rings. The summed E-state index contributed by atoms with van der Waals surface area (Å²) in [4.78, 5) is 0. The van der Waals surface area contributed by atoms with Gasteiger partial charge in [0.05, 0.1) is 14.1 Å². The fourth-order valence-electron chi connectivity index (χ4n) is 0.929. The minimum atomic E-state index is 0.389. The highest BCUT2D eigenvalue weighted by Crippen LogP contribution is 2.14. The summed E-state index contributed by atoms with van der Waals surface area (Å²) in [6, 6.07) is 8.25. The van der Waals surface area contributed by atoms with Crippen LogP contribution in [0.15, 0.2) is 24.3 Å². The Morgan fingerprint density at radius 1 is 1.09 bits per heavy atom. The predicted molar refractivity (Wildman–Crippen MR) is 49.0 cm³/mol. The average Bonchev–Trinajstić information content (AvgIpc) is 1.86. The molecule has 60 valence electrons. The molecule has 0 aliphatic heterocycles. The first-order valence-electron chi connectivity index (χ1n) is 3.70. The fourth-order valence-corrected chi connectivity index (χ4v) is 0.929. The third kappa shape index (κ3) is 2.03. The van der Waals surface area contributed by atoms with Crippen LogP contribution in [0.2, 0.25) is 0 Å². The van der Waals surface area contributed by atoms with Gasteiger partial charge in [-0.15, -0.1) is 0 Å². The smallest absolute Gasteiger partial charge is 0.151 e. The number of quaternary nitrogens is 1. The molecule has 0 saturated carbocycles. The molecule has 2 N–H and O–H groups in total. The van der Waals surface area contributed by atoms with Gasteiger partial charge in [-0.3, -0.25) is 0 Å². The van der Waals surface area contributed by atoms with Crippen molar-refractivity contribution in [2.75, 3.05) is 14.1 Å². The lowest BCUT2D eigenvalue weighted by molar-refractivity contribution is 0.419. The molecule has 0 aliphatic rings. The second kappa shape index (κ2) is 2.64. The van der Waals surface area contributed by atoms with Gasteiger partial charge in [-0.25, -0.2) is 4.59 Å². The zero-order valence-electron chi connectivity index (χ0n) is 7.33. The Kier molecular flexibility index (Phi) is 1.98. The Morgan fingerprint density at radius 3 is 1.91 bits per heavy atom. The number of hydrogen-bond acceptors (Lipinski definition) is 1. The molecule has 0 unspecified atom stereocenters. The Bertz CT molecular complexity index is 231. The van der Waals surface area contributed by atoms with Crippen LogP contribution in [0.1, 0.15) is 5.56 Å². The molecule has 1 aromatic carbocycles. The van der Waals surface area contributed by atoms with Crippen LogP contribution in [0.25, 0.3) is 0 Å². The van der Waals surface area contributed by atoms with Crippen LogP contribution in [-0.2, 0) is 0 Å². The molecule has 0 saturated heterocycles. The molecule has 0 radical (unpaired) electrons. The molecule has 0 aromatic heterocycles. The molecule has 0 heterocycles. The Balaban J connectivity index is 2.99. The van der Waals surface area contributed by atoms with Crippen molar-refractivity contribution in [1.82, 2.24) is 4.59 Å². The summed E-state index contributed by atoms with van der Waals surface area (Å²) < 4.78 is 0.389. The standard InChI is InChI=1S/C9H15N2/c1-8-4-6-9(7-5-8)11(2,3)10/h4-7H,10H2,1-3H3/q+1. The van der Waals surface area contributed by atoms with E-state index in [1.54, 1.807) is 0 Å². The summed E-state index contributed by atoms with van der Waals surface area (Å²) in [5, 5.41) is 0. The normalized spacial score (nSPS) is 11.6. The maximum absolute atomic E-state index is 5.84. The van der Waals surface area contributed by atoms with Crippen molar-refractivity contribution in [3.05, 3.63) is 29.8 Å². The molecule has 0 spiro atoms. The summed E-state index contributed by atoms with van der Waals surface area (Å²) in [5.74, 6) is 5.84. The van der Waals surface area contributed by atoms with Crippen LogP contribution in [0.5, 0.6) is 0 Å². The van der Waals surface area contributed by atoms with Gasteiger partial charge < -0.3 is 0 Å². The quantitative estimate of drug-likeness (QED) is 0.367. The summed E-state index contributed by atoms with van der Waals surface area (Å²) in [6.07, 6.45) is 0. The van der Waals surface area contributed by atoms with Gasteiger partial charge in [0.25, 0.3) is 0 Å². The lowest BCUT2D eigenvalue weighted by Crippen LogP contribution is -2.47. The Labute approximate surface area is 67.8 Å². The number of nitrogens with zero attached hydrogens (tertiary/aromatic N) is 1. The molecule has 2 nitrogen and oxygen atoms in total. The molecular weight excluding hydrogens is 136 g/mol. The van der Waals surface area contributed by atoms with E-state index in [4.69, 9.17) is 5.84 Å². The number of aryl methyl sites for hydroxylation is 1. The highest BCUT2D eigenvalue weighted by molar-refractivity contribution is 5.41. The van der Waals surface area contributed by atoms with Crippen molar-refractivity contribution in [3.8, 4) is 0 Å². The average molecular weight is 151 g/mol. The van der Waals surface area contributed by atoms with Gasteiger partial charge in [0.2, 0.25) is 0 Å². The largest absolute Gasteiger partial charge is 0.221 e. The van der Waals surface area contributed by atoms with Crippen molar-refractivity contribution in [1.29, 1.82) is 0 Å². The predicted octanol–water partition coefficient (Wildman–Crippen LogP) is 1.44. The summed E-state index contributed by atoms with van der Waals surface area (Å²) in [5.41, 5.74) is 2.39. The molecule has 11 heavy (non-hydrogen) atoms. The molecular formula is C9H15N2+. The first-order chi connectivity index (χ1) is 5.00. The maximum Gasteiger partial charge on any atom is 0.151 e. The van der Waals surface area contributed by atoms with Crippen molar-refractivity contribution in [3.63, 3.8) is 0 Å². The lowest BCUT2D eigenvalue weighted by atomic mass is 10.2. The first-order valence-corrected chi connectivity index (χ1v) is 3.70. The third-order valence-electron chi connectivity index (χ3n) is 1.70. The van der Waals surface area contributed by atoms with Crippen LogP contribution in [0.3, 0.4) is 0 Å². The Morgan fingerprint density at radius 2 is 1.55 bits per heavy atom.